The minimum absolute atomic E-state index is 0.0317. The SMILES string of the molecule is O=c1c2c(-c3ccccc3)csc2nc2n1CC/C2=C\c1ccc(O)cc1. The summed E-state index contributed by atoms with van der Waals surface area (Å²) in [4.78, 5) is 18.8. The number of fused-ring (bicyclic) bond motifs is 2. The van der Waals surface area contributed by atoms with E-state index >= 15 is 0 Å². The van der Waals surface area contributed by atoms with Crippen LogP contribution in [0.2, 0.25) is 0 Å². The van der Waals surface area contributed by atoms with E-state index in [-0.39, 0.29) is 11.3 Å². The molecule has 0 spiro atoms. The van der Waals surface area contributed by atoms with Gasteiger partial charge in [-0.1, -0.05) is 42.5 Å². The van der Waals surface area contributed by atoms with Crippen LogP contribution in [0.4, 0.5) is 0 Å². The van der Waals surface area contributed by atoms with Gasteiger partial charge in [0.15, 0.2) is 0 Å². The third-order valence-corrected chi connectivity index (χ3v) is 5.78. The van der Waals surface area contributed by atoms with Crippen molar-refractivity contribution in [2.24, 2.45) is 0 Å². The Morgan fingerprint density at radius 1 is 1.07 bits per heavy atom. The first kappa shape index (κ1) is 16.0. The Hall–Kier alpha value is -3.18. The third-order valence-electron chi connectivity index (χ3n) is 4.90. The molecule has 0 saturated heterocycles. The van der Waals surface area contributed by atoms with Gasteiger partial charge in [-0.15, -0.1) is 11.3 Å². The molecule has 1 aliphatic heterocycles. The molecule has 0 fully saturated rings. The van der Waals surface area contributed by atoms with Gasteiger partial charge < -0.3 is 5.11 Å². The van der Waals surface area contributed by atoms with Gasteiger partial charge in [0.2, 0.25) is 0 Å². The lowest BCUT2D eigenvalue weighted by Gasteiger charge is -2.05. The number of aromatic nitrogens is 2. The van der Waals surface area contributed by atoms with Crippen LogP contribution < -0.4 is 5.56 Å². The van der Waals surface area contributed by atoms with Gasteiger partial charge in [0.05, 0.1) is 5.39 Å². The fraction of sp³-hybridized carbons (Fsp3) is 0.0909. The largest absolute Gasteiger partial charge is 0.508 e. The zero-order valence-electron chi connectivity index (χ0n) is 14.4. The zero-order valence-corrected chi connectivity index (χ0v) is 15.2. The van der Waals surface area contributed by atoms with E-state index in [0.29, 0.717) is 11.9 Å². The fourth-order valence-electron chi connectivity index (χ4n) is 3.56. The van der Waals surface area contributed by atoms with Crippen molar-refractivity contribution < 1.29 is 5.11 Å². The van der Waals surface area contributed by atoms with Gasteiger partial charge in [0, 0.05) is 17.5 Å². The molecule has 0 radical (unpaired) electrons. The molecule has 4 aromatic rings. The molecule has 0 aliphatic carbocycles. The van der Waals surface area contributed by atoms with E-state index in [1.807, 2.05) is 53.9 Å². The first-order valence-electron chi connectivity index (χ1n) is 8.78. The standard InChI is InChI=1S/C22H16N2O2S/c25-17-8-6-14(7-9-17)12-16-10-11-24-20(16)23-21-19(22(24)26)18(13-27-21)15-4-2-1-3-5-15/h1-9,12-13,25H,10-11H2/b16-12+. The van der Waals surface area contributed by atoms with Crippen LogP contribution in [0.15, 0.2) is 64.8 Å². The van der Waals surface area contributed by atoms with Crippen molar-refractivity contribution in [1.29, 1.82) is 0 Å². The summed E-state index contributed by atoms with van der Waals surface area (Å²) in [6.45, 7) is 0.644. The van der Waals surface area contributed by atoms with E-state index < -0.39 is 0 Å². The van der Waals surface area contributed by atoms with E-state index in [1.54, 1.807) is 16.7 Å². The van der Waals surface area contributed by atoms with Gasteiger partial charge in [0.1, 0.15) is 16.4 Å². The smallest absolute Gasteiger partial charge is 0.263 e. The number of benzene rings is 2. The first-order chi connectivity index (χ1) is 13.2. The van der Waals surface area contributed by atoms with E-state index in [1.165, 1.54) is 11.3 Å². The predicted octanol–water partition coefficient (Wildman–Crippen LogP) is 4.77. The molecule has 132 valence electrons. The van der Waals surface area contributed by atoms with Gasteiger partial charge >= 0.3 is 0 Å². The molecule has 1 N–H and O–H groups in total. The van der Waals surface area contributed by atoms with Gasteiger partial charge in [0.25, 0.3) is 5.56 Å². The molecule has 0 atom stereocenters. The fourth-order valence-corrected chi connectivity index (χ4v) is 4.50. The topological polar surface area (TPSA) is 55.1 Å². The molecule has 27 heavy (non-hydrogen) atoms. The second-order valence-corrected chi connectivity index (χ2v) is 7.46. The van der Waals surface area contributed by atoms with Gasteiger partial charge in [-0.3, -0.25) is 9.36 Å². The van der Waals surface area contributed by atoms with Crippen LogP contribution >= 0.6 is 11.3 Å². The maximum atomic E-state index is 13.2. The van der Waals surface area contributed by atoms with Crippen molar-refractivity contribution in [3.05, 3.63) is 81.7 Å². The number of phenolic OH excluding ortho intramolecular Hbond substituents is 1. The normalized spacial score (nSPS) is 14.7. The summed E-state index contributed by atoms with van der Waals surface area (Å²) in [7, 11) is 0. The number of phenols is 1. The number of rotatable bonds is 2. The Bertz CT molecular complexity index is 1240. The van der Waals surface area contributed by atoms with Crippen molar-refractivity contribution in [2.45, 2.75) is 13.0 Å². The number of hydrogen-bond donors (Lipinski definition) is 1. The van der Waals surface area contributed by atoms with Gasteiger partial charge in [-0.2, -0.15) is 0 Å². The average Bonchev–Trinajstić information content (AvgIpc) is 3.30. The molecule has 1 aliphatic rings. The molecule has 2 aromatic carbocycles. The van der Waals surface area contributed by atoms with Crippen LogP contribution in [-0.4, -0.2) is 14.7 Å². The maximum Gasteiger partial charge on any atom is 0.263 e. The number of thiophene rings is 1. The molecular formula is C22H16N2O2S. The minimum Gasteiger partial charge on any atom is -0.508 e. The van der Waals surface area contributed by atoms with Gasteiger partial charge in [-0.25, -0.2) is 4.98 Å². The summed E-state index contributed by atoms with van der Waals surface area (Å²) < 4.78 is 1.79. The molecule has 4 nitrogen and oxygen atoms in total. The quantitative estimate of drug-likeness (QED) is 0.551. The third kappa shape index (κ3) is 2.67. The Kier molecular flexibility index (Phi) is 3.69. The lowest BCUT2D eigenvalue weighted by atomic mass is 10.1. The Balaban J connectivity index is 1.66. The van der Waals surface area contributed by atoms with Crippen LogP contribution in [0, 0.1) is 0 Å². The minimum atomic E-state index is 0.0317. The zero-order chi connectivity index (χ0) is 18.4. The highest BCUT2D eigenvalue weighted by Crippen LogP contribution is 2.34. The highest BCUT2D eigenvalue weighted by molar-refractivity contribution is 7.17. The van der Waals surface area contributed by atoms with Crippen molar-refractivity contribution in [1.82, 2.24) is 9.55 Å². The van der Waals surface area contributed by atoms with Crippen molar-refractivity contribution in [3.63, 3.8) is 0 Å². The maximum absolute atomic E-state index is 13.2. The molecule has 5 rings (SSSR count). The summed E-state index contributed by atoms with van der Waals surface area (Å²) in [6.07, 6.45) is 2.82. The Labute approximate surface area is 159 Å². The van der Waals surface area contributed by atoms with Crippen molar-refractivity contribution in [3.8, 4) is 16.9 Å². The molecular weight excluding hydrogens is 356 g/mol. The first-order valence-corrected chi connectivity index (χ1v) is 9.66. The number of aromatic hydroxyl groups is 1. The van der Waals surface area contributed by atoms with E-state index in [0.717, 1.165) is 39.3 Å². The lowest BCUT2D eigenvalue weighted by molar-refractivity contribution is 0.475. The van der Waals surface area contributed by atoms with E-state index in [9.17, 15) is 9.90 Å². The van der Waals surface area contributed by atoms with Crippen LogP contribution in [0.3, 0.4) is 0 Å². The molecule has 0 bridgehead atoms. The second-order valence-electron chi connectivity index (χ2n) is 6.60. The Morgan fingerprint density at radius 3 is 2.63 bits per heavy atom. The summed E-state index contributed by atoms with van der Waals surface area (Å²) >= 11 is 1.51. The molecule has 0 saturated carbocycles. The van der Waals surface area contributed by atoms with E-state index in [2.05, 4.69) is 0 Å². The molecule has 2 aromatic heterocycles. The van der Waals surface area contributed by atoms with Gasteiger partial charge in [-0.05, 0) is 41.3 Å². The summed E-state index contributed by atoms with van der Waals surface area (Å²) in [6, 6.07) is 17.0. The predicted molar refractivity (Wildman–Crippen MR) is 110 cm³/mol. The molecule has 0 amide bonds. The second kappa shape index (κ2) is 6.21. The van der Waals surface area contributed by atoms with Crippen LogP contribution in [0.25, 0.3) is 33.0 Å². The molecule has 5 heteroatoms. The van der Waals surface area contributed by atoms with E-state index in [4.69, 9.17) is 4.98 Å². The number of nitrogens with zero attached hydrogens (tertiary/aromatic N) is 2. The lowest BCUT2D eigenvalue weighted by Crippen LogP contribution is -2.20. The van der Waals surface area contributed by atoms with Crippen molar-refractivity contribution >= 4 is 33.2 Å². The Morgan fingerprint density at radius 2 is 1.85 bits per heavy atom. The summed E-state index contributed by atoms with van der Waals surface area (Å²) in [5, 5.41) is 12.2. The number of hydrogen-bond acceptors (Lipinski definition) is 4. The van der Waals surface area contributed by atoms with Crippen LogP contribution in [0.5, 0.6) is 5.75 Å². The highest BCUT2D eigenvalue weighted by atomic mass is 32.1. The molecule has 3 heterocycles. The summed E-state index contributed by atoms with van der Waals surface area (Å²) in [5.74, 6) is 0.995. The van der Waals surface area contributed by atoms with Crippen LogP contribution in [0.1, 0.15) is 17.8 Å². The number of allylic oxidation sites excluding steroid dienone is 1. The van der Waals surface area contributed by atoms with Crippen molar-refractivity contribution in [2.75, 3.05) is 0 Å². The highest BCUT2D eigenvalue weighted by Gasteiger charge is 2.23. The molecule has 0 unspecified atom stereocenters. The monoisotopic (exact) mass is 372 g/mol. The average molecular weight is 372 g/mol. The van der Waals surface area contributed by atoms with Crippen LogP contribution in [-0.2, 0) is 6.54 Å². The summed E-state index contributed by atoms with van der Waals surface area (Å²) in [5.41, 5.74) is 4.07.